The molecule has 90 valence electrons. The molecule has 0 saturated carbocycles. The highest BCUT2D eigenvalue weighted by Crippen LogP contribution is 2.08. The van der Waals surface area contributed by atoms with Crippen LogP contribution in [-0.4, -0.2) is 6.04 Å². The third kappa shape index (κ3) is 4.80. The fourth-order valence-corrected chi connectivity index (χ4v) is 1.90. The number of hydrogen-bond donors (Lipinski definition) is 1. The quantitative estimate of drug-likeness (QED) is 0.682. The molecule has 0 aliphatic rings. The topological polar surface area (TPSA) is 12.0 Å². The van der Waals surface area contributed by atoms with E-state index in [1.165, 1.54) is 36.8 Å². The smallest absolute Gasteiger partial charge is 0.0210 e. The molecule has 0 aliphatic heterocycles. The van der Waals surface area contributed by atoms with Crippen LogP contribution in [0.2, 0.25) is 0 Å². The Hall–Kier alpha value is -0.820. The van der Waals surface area contributed by atoms with Gasteiger partial charge in [0.05, 0.1) is 0 Å². The van der Waals surface area contributed by atoms with Crippen molar-refractivity contribution in [1.82, 2.24) is 5.32 Å². The van der Waals surface area contributed by atoms with Crippen molar-refractivity contribution < 1.29 is 0 Å². The first-order valence-corrected chi connectivity index (χ1v) is 6.52. The lowest BCUT2D eigenvalue weighted by Gasteiger charge is -2.14. The zero-order chi connectivity index (χ0) is 11.8. The highest BCUT2D eigenvalue weighted by Gasteiger charge is 2.02. The zero-order valence-corrected chi connectivity index (χ0v) is 10.9. The third-order valence-electron chi connectivity index (χ3n) is 3.14. The molecule has 1 rings (SSSR count). The van der Waals surface area contributed by atoms with Crippen LogP contribution >= 0.6 is 0 Å². The average Bonchev–Trinajstić information content (AvgIpc) is 2.28. The predicted octanol–water partition coefficient (Wildman–Crippen LogP) is 4.05. The van der Waals surface area contributed by atoms with Crippen molar-refractivity contribution in [3.63, 3.8) is 0 Å². The van der Waals surface area contributed by atoms with E-state index in [1.807, 2.05) is 0 Å². The van der Waals surface area contributed by atoms with Crippen LogP contribution in [0.1, 0.15) is 50.7 Å². The van der Waals surface area contributed by atoms with E-state index in [1.54, 1.807) is 0 Å². The van der Waals surface area contributed by atoms with Crippen LogP contribution in [0.5, 0.6) is 0 Å². The average molecular weight is 219 g/mol. The Morgan fingerprint density at radius 1 is 1.19 bits per heavy atom. The maximum atomic E-state index is 3.60. The predicted molar refractivity (Wildman–Crippen MR) is 71.6 cm³/mol. The van der Waals surface area contributed by atoms with Crippen molar-refractivity contribution in [3.8, 4) is 0 Å². The minimum atomic E-state index is 0.631. The van der Waals surface area contributed by atoms with Crippen LogP contribution in [0.4, 0.5) is 0 Å². The van der Waals surface area contributed by atoms with Crippen LogP contribution in [0.3, 0.4) is 0 Å². The van der Waals surface area contributed by atoms with Crippen molar-refractivity contribution in [3.05, 3.63) is 35.4 Å². The van der Waals surface area contributed by atoms with Gasteiger partial charge in [-0.1, -0.05) is 50.5 Å². The molecule has 0 amide bonds. The van der Waals surface area contributed by atoms with E-state index in [-0.39, 0.29) is 0 Å². The molecule has 0 spiro atoms. The van der Waals surface area contributed by atoms with Crippen LogP contribution in [-0.2, 0) is 6.54 Å². The third-order valence-corrected chi connectivity index (χ3v) is 3.14. The molecule has 0 fully saturated rings. The Morgan fingerprint density at radius 3 is 2.62 bits per heavy atom. The van der Waals surface area contributed by atoms with E-state index < -0.39 is 0 Å². The van der Waals surface area contributed by atoms with Gasteiger partial charge in [-0.25, -0.2) is 0 Å². The molecule has 1 unspecified atom stereocenters. The SMILES string of the molecule is CCCCCC(C)NCc1ccccc1C. The van der Waals surface area contributed by atoms with Gasteiger partial charge in [0.25, 0.3) is 0 Å². The van der Waals surface area contributed by atoms with E-state index in [9.17, 15) is 0 Å². The monoisotopic (exact) mass is 219 g/mol. The zero-order valence-electron chi connectivity index (χ0n) is 10.9. The molecule has 1 N–H and O–H groups in total. The van der Waals surface area contributed by atoms with Gasteiger partial charge in [0.1, 0.15) is 0 Å². The van der Waals surface area contributed by atoms with Crippen LogP contribution in [0.15, 0.2) is 24.3 Å². The first kappa shape index (κ1) is 13.2. The second kappa shape index (κ2) is 7.45. The molecular formula is C15H25N. The van der Waals surface area contributed by atoms with Crippen LogP contribution in [0.25, 0.3) is 0 Å². The molecule has 0 heterocycles. The summed E-state index contributed by atoms with van der Waals surface area (Å²) in [4.78, 5) is 0. The van der Waals surface area contributed by atoms with Crippen molar-refractivity contribution in [2.24, 2.45) is 0 Å². The summed E-state index contributed by atoms with van der Waals surface area (Å²) in [5.41, 5.74) is 2.81. The summed E-state index contributed by atoms with van der Waals surface area (Å²) in [5, 5.41) is 3.60. The van der Waals surface area contributed by atoms with Gasteiger partial charge >= 0.3 is 0 Å². The second-order valence-electron chi connectivity index (χ2n) is 4.70. The maximum absolute atomic E-state index is 3.60. The maximum Gasteiger partial charge on any atom is 0.0210 e. The Morgan fingerprint density at radius 2 is 1.94 bits per heavy atom. The van der Waals surface area contributed by atoms with Gasteiger partial charge in [0, 0.05) is 12.6 Å². The van der Waals surface area contributed by atoms with Crippen LogP contribution in [0, 0.1) is 6.92 Å². The first-order valence-electron chi connectivity index (χ1n) is 6.52. The van der Waals surface area contributed by atoms with Gasteiger partial charge in [0.15, 0.2) is 0 Å². The normalized spacial score (nSPS) is 12.7. The molecular weight excluding hydrogens is 194 g/mol. The highest BCUT2D eigenvalue weighted by atomic mass is 14.9. The molecule has 0 aliphatic carbocycles. The minimum absolute atomic E-state index is 0.631. The van der Waals surface area contributed by atoms with E-state index in [2.05, 4.69) is 50.4 Å². The van der Waals surface area contributed by atoms with Gasteiger partial charge in [-0.2, -0.15) is 0 Å². The Labute approximate surface area is 100 Å². The van der Waals surface area contributed by atoms with Gasteiger partial charge in [-0.3, -0.25) is 0 Å². The minimum Gasteiger partial charge on any atom is -0.310 e. The number of unbranched alkanes of at least 4 members (excludes halogenated alkanes) is 2. The molecule has 0 saturated heterocycles. The van der Waals surface area contributed by atoms with E-state index >= 15 is 0 Å². The summed E-state index contributed by atoms with van der Waals surface area (Å²) in [6, 6.07) is 9.24. The molecule has 0 bridgehead atoms. The van der Waals surface area contributed by atoms with Gasteiger partial charge in [-0.15, -0.1) is 0 Å². The molecule has 0 radical (unpaired) electrons. The summed E-state index contributed by atoms with van der Waals surface area (Å²) in [5.74, 6) is 0. The fourth-order valence-electron chi connectivity index (χ4n) is 1.90. The molecule has 1 nitrogen and oxygen atoms in total. The summed E-state index contributed by atoms with van der Waals surface area (Å²) in [6.07, 6.45) is 5.30. The Bertz CT molecular complexity index is 293. The fraction of sp³-hybridized carbons (Fsp3) is 0.600. The van der Waals surface area contributed by atoms with Crippen LogP contribution < -0.4 is 5.32 Å². The standard InChI is InChI=1S/C15H25N/c1-4-5-6-10-14(3)16-12-15-11-8-7-9-13(15)2/h7-9,11,14,16H,4-6,10,12H2,1-3H3. The summed E-state index contributed by atoms with van der Waals surface area (Å²) >= 11 is 0. The van der Waals surface area contributed by atoms with Gasteiger partial charge in [0.2, 0.25) is 0 Å². The lowest BCUT2D eigenvalue weighted by atomic mass is 10.1. The van der Waals surface area contributed by atoms with Gasteiger partial charge in [-0.05, 0) is 31.4 Å². The number of benzene rings is 1. The molecule has 1 atom stereocenters. The van der Waals surface area contributed by atoms with E-state index in [0.717, 1.165) is 6.54 Å². The van der Waals surface area contributed by atoms with Crippen molar-refractivity contribution in [2.45, 2.75) is 59.0 Å². The van der Waals surface area contributed by atoms with Crippen molar-refractivity contribution in [2.75, 3.05) is 0 Å². The molecule has 0 aromatic heterocycles. The Balaban J connectivity index is 2.26. The molecule has 16 heavy (non-hydrogen) atoms. The molecule has 1 aromatic rings. The molecule has 1 heteroatoms. The lowest BCUT2D eigenvalue weighted by Crippen LogP contribution is -2.25. The van der Waals surface area contributed by atoms with E-state index in [0.29, 0.717) is 6.04 Å². The van der Waals surface area contributed by atoms with E-state index in [4.69, 9.17) is 0 Å². The second-order valence-corrected chi connectivity index (χ2v) is 4.70. The largest absolute Gasteiger partial charge is 0.310 e. The Kier molecular flexibility index (Phi) is 6.17. The van der Waals surface area contributed by atoms with Gasteiger partial charge < -0.3 is 5.32 Å². The summed E-state index contributed by atoms with van der Waals surface area (Å²) < 4.78 is 0. The summed E-state index contributed by atoms with van der Waals surface area (Å²) in [7, 11) is 0. The number of rotatable bonds is 7. The summed E-state index contributed by atoms with van der Waals surface area (Å²) in [6.45, 7) is 7.72. The number of hydrogen-bond acceptors (Lipinski definition) is 1. The molecule has 1 aromatic carbocycles. The van der Waals surface area contributed by atoms with Crippen molar-refractivity contribution >= 4 is 0 Å². The van der Waals surface area contributed by atoms with Crippen molar-refractivity contribution in [1.29, 1.82) is 0 Å². The highest BCUT2D eigenvalue weighted by molar-refractivity contribution is 5.25. The first-order chi connectivity index (χ1) is 7.74. The number of nitrogens with one attached hydrogen (secondary N) is 1. The number of aryl methyl sites for hydroxylation is 1. The lowest BCUT2D eigenvalue weighted by molar-refractivity contribution is 0.487.